The van der Waals surface area contributed by atoms with Gasteiger partial charge in [0.05, 0.1) is 5.92 Å². The first-order chi connectivity index (χ1) is 6.51. The van der Waals surface area contributed by atoms with E-state index >= 15 is 0 Å². The van der Waals surface area contributed by atoms with Crippen LogP contribution in [0.5, 0.6) is 0 Å². The monoisotopic (exact) mass is 202 g/mol. The van der Waals surface area contributed by atoms with Crippen LogP contribution < -0.4 is 17.1 Å². The number of nitrogens with one attached hydrogen (secondary N) is 1. The smallest absolute Gasteiger partial charge is 0.306 e. The van der Waals surface area contributed by atoms with Gasteiger partial charge in [0, 0.05) is 6.42 Å². The lowest BCUT2D eigenvalue weighted by molar-refractivity contribution is -0.142. The molecule has 0 aromatic rings. The van der Waals surface area contributed by atoms with Crippen LogP contribution in [0.4, 0.5) is 0 Å². The van der Waals surface area contributed by atoms with E-state index in [-0.39, 0.29) is 6.42 Å². The van der Waals surface area contributed by atoms with Crippen LogP contribution in [0.2, 0.25) is 0 Å². The third-order valence-corrected chi connectivity index (χ3v) is 1.87. The maximum atomic E-state index is 10.8. The fraction of sp³-hybridized carbons (Fsp3) is 0.750. The van der Waals surface area contributed by atoms with Gasteiger partial charge in [-0.3, -0.25) is 4.79 Å². The Hall–Kier alpha value is -1.30. The third kappa shape index (κ3) is 4.66. The number of carboxylic acids is 1. The predicted molar refractivity (Wildman–Crippen MR) is 54.1 cm³/mol. The van der Waals surface area contributed by atoms with E-state index < -0.39 is 11.9 Å². The molecule has 0 saturated heterocycles. The lowest BCUT2D eigenvalue weighted by Crippen LogP contribution is -2.34. The maximum Gasteiger partial charge on any atom is 0.306 e. The van der Waals surface area contributed by atoms with E-state index in [2.05, 4.69) is 10.5 Å². The summed E-state index contributed by atoms with van der Waals surface area (Å²) in [6.07, 6.45) is 0.816. The van der Waals surface area contributed by atoms with Crippen molar-refractivity contribution in [2.75, 3.05) is 0 Å². The number of nitrogens with zero attached hydrogens (tertiary/aromatic N) is 1. The summed E-state index contributed by atoms with van der Waals surface area (Å²) >= 11 is 0. The SMILES string of the molecule is CC(C)C[C@@H](C/C(=N/N)NN)C(=O)O. The molecule has 6 heteroatoms. The summed E-state index contributed by atoms with van der Waals surface area (Å²) in [5.41, 5.74) is 2.27. The lowest BCUT2D eigenvalue weighted by Gasteiger charge is -2.14. The first-order valence-corrected chi connectivity index (χ1v) is 4.47. The van der Waals surface area contributed by atoms with Crippen molar-refractivity contribution < 1.29 is 9.90 Å². The average Bonchev–Trinajstić information content (AvgIpc) is 2.11. The summed E-state index contributed by atoms with van der Waals surface area (Å²) in [4.78, 5) is 10.8. The summed E-state index contributed by atoms with van der Waals surface area (Å²) in [7, 11) is 0. The molecule has 0 amide bonds. The Labute approximate surface area is 83.3 Å². The number of carboxylic acid groups (broad SMARTS) is 1. The summed E-state index contributed by atoms with van der Waals surface area (Å²) in [5, 5.41) is 12.3. The van der Waals surface area contributed by atoms with Crippen molar-refractivity contribution in [3.63, 3.8) is 0 Å². The molecule has 0 unspecified atom stereocenters. The Bertz CT molecular complexity index is 215. The van der Waals surface area contributed by atoms with Gasteiger partial charge >= 0.3 is 5.97 Å². The van der Waals surface area contributed by atoms with Crippen molar-refractivity contribution in [3.8, 4) is 0 Å². The second-order valence-corrected chi connectivity index (χ2v) is 3.59. The van der Waals surface area contributed by atoms with Crippen LogP contribution in [-0.2, 0) is 4.79 Å². The summed E-state index contributed by atoms with van der Waals surface area (Å²) in [5.74, 6) is 9.40. The zero-order valence-corrected chi connectivity index (χ0v) is 8.53. The van der Waals surface area contributed by atoms with E-state index in [0.29, 0.717) is 18.2 Å². The number of rotatable bonds is 5. The molecule has 0 bridgehead atoms. The highest BCUT2D eigenvalue weighted by atomic mass is 16.4. The Balaban J connectivity index is 4.29. The standard InChI is InChI=1S/C8H18N4O2/c1-5(2)3-6(8(13)14)4-7(11-9)12-10/h5-6H,3-4,9-10H2,1-2H3,(H,11,12)(H,13,14)/t6-/m0/s1. The van der Waals surface area contributed by atoms with E-state index in [0.717, 1.165) is 0 Å². The van der Waals surface area contributed by atoms with Crippen molar-refractivity contribution >= 4 is 11.8 Å². The maximum absolute atomic E-state index is 10.8. The molecular formula is C8H18N4O2. The molecular weight excluding hydrogens is 184 g/mol. The molecule has 0 radical (unpaired) electrons. The van der Waals surface area contributed by atoms with Crippen LogP contribution in [0.1, 0.15) is 26.7 Å². The molecule has 0 aromatic carbocycles. The number of hydrazone groups is 1. The molecule has 6 nitrogen and oxygen atoms in total. The minimum Gasteiger partial charge on any atom is -0.481 e. The van der Waals surface area contributed by atoms with Crippen molar-refractivity contribution in [1.82, 2.24) is 5.43 Å². The molecule has 0 aliphatic rings. The zero-order valence-electron chi connectivity index (χ0n) is 8.53. The molecule has 0 aromatic heterocycles. The highest BCUT2D eigenvalue weighted by Crippen LogP contribution is 2.15. The molecule has 0 saturated carbocycles. The van der Waals surface area contributed by atoms with E-state index in [1.807, 2.05) is 13.8 Å². The average molecular weight is 202 g/mol. The fourth-order valence-electron chi connectivity index (χ4n) is 1.22. The largest absolute Gasteiger partial charge is 0.481 e. The van der Waals surface area contributed by atoms with Crippen molar-refractivity contribution in [2.45, 2.75) is 26.7 Å². The van der Waals surface area contributed by atoms with Gasteiger partial charge in [0.25, 0.3) is 0 Å². The molecule has 14 heavy (non-hydrogen) atoms. The lowest BCUT2D eigenvalue weighted by atomic mass is 9.94. The van der Waals surface area contributed by atoms with Gasteiger partial charge in [0.2, 0.25) is 0 Å². The first kappa shape index (κ1) is 12.7. The number of hydrogen-bond acceptors (Lipinski definition) is 4. The van der Waals surface area contributed by atoms with Gasteiger partial charge in [0.15, 0.2) is 0 Å². The van der Waals surface area contributed by atoms with E-state index in [1.165, 1.54) is 0 Å². The van der Waals surface area contributed by atoms with Gasteiger partial charge in [-0.15, -0.1) is 0 Å². The number of hydrazine groups is 1. The van der Waals surface area contributed by atoms with Gasteiger partial charge in [-0.1, -0.05) is 13.8 Å². The second kappa shape index (κ2) is 6.20. The molecule has 0 spiro atoms. The summed E-state index contributed by atoms with van der Waals surface area (Å²) in [6, 6.07) is 0. The van der Waals surface area contributed by atoms with Crippen molar-refractivity contribution in [3.05, 3.63) is 0 Å². The number of amidine groups is 1. The van der Waals surface area contributed by atoms with Gasteiger partial charge < -0.3 is 16.4 Å². The van der Waals surface area contributed by atoms with Crippen molar-refractivity contribution in [1.29, 1.82) is 0 Å². The molecule has 6 N–H and O–H groups in total. The molecule has 0 fully saturated rings. The van der Waals surface area contributed by atoms with Gasteiger partial charge in [-0.25, -0.2) is 5.84 Å². The molecule has 82 valence electrons. The molecule has 0 aliphatic heterocycles. The van der Waals surface area contributed by atoms with Crippen LogP contribution in [-0.4, -0.2) is 16.9 Å². The van der Waals surface area contributed by atoms with Crippen LogP contribution in [0, 0.1) is 11.8 Å². The Morgan fingerprint density at radius 3 is 2.43 bits per heavy atom. The van der Waals surface area contributed by atoms with Crippen LogP contribution >= 0.6 is 0 Å². The minimum absolute atomic E-state index is 0.237. The quantitative estimate of drug-likeness (QED) is 0.214. The Kier molecular flexibility index (Phi) is 5.62. The van der Waals surface area contributed by atoms with Crippen LogP contribution in [0.3, 0.4) is 0 Å². The number of carbonyl (C=O) groups is 1. The van der Waals surface area contributed by atoms with E-state index in [1.54, 1.807) is 0 Å². The first-order valence-electron chi connectivity index (χ1n) is 4.47. The highest BCUT2D eigenvalue weighted by molar-refractivity contribution is 5.85. The zero-order chi connectivity index (χ0) is 11.1. The topological polar surface area (TPSA) is 114 Å². The molecule has 0 aliphatic carbocycles. The number of aliphatic carboxylic acids is 1. The molecule has 0 heterocycles. The van der Waals surface area contributed by atoms with Crippen LogP contribution in [0.15, 0.2) is 5.10 Å². The second-order valence-electron chi connectivity index (χ2n) is 3.59. The van der Waals surface area contributed by atoms with Crippen molar-refractivity contribution in [2.24, 2.45) is 28.6 Å². The van der Waals surface area contributed by atoms with Gasteiger partial charge in [-0.2, -0.15) is 5.10 Å². The Morgan fingerprint density at radius 1 is 1.57 bits per heavy atom. The van der Waals surface area contributed by atoms with E-state index in [4.69, 9.17) is 16.8 Å². The Morgan fingerprint density at radius 2 is 2.14 bits per heavy atom. The van der Waals surface area contributed by atoms with Crippen LogP contribution in [0.25, 0.3) is 0 Å². The third-order valence-electron chi connectivity index (χ3n) is 1.87. The fourth-order valence-corrected chi connectivity index (χ4v) is 1.22. The predicted octanol–water partition coefficient (Wildman–Crippen LogP) is -0.141. The normalized spacial score (nSPS) is 14.1. The number of nitrogens with two attached hydrogens (primary N) is 2. The number of hydrogen-bond donors (Lipinski definition) is 4. The summed E-state index contributed by atoms with van der Waals surface area (Å²) < 4.78 is 0. The molecule has 0 rings (SSSR count). The highest BCUT2D eigenvalue weighted by Gasteiger charge is 2.20. The van der Waals surface area contributed by atoms with E-state index in [9.17, 15) is 4.79 Å². The molecule has 1 atom stereocenters. The minimum atomic E-state index is -0.852. The summed E-state index contributed by atoms with van der Waals surface area (Å²) in [6.45, 7) is 3.93. The van der Waals surface area contributed by atoms with Gasteiger partial charge in [0.1, 0.15) is 5.84 Å². The van der Waals surface area contributed by atoms with Gasteiger partial charge in [-0.05, 0) is 12.3 Å².